The van der Waals surface area contributed by atoms with E-state index in [9.17, 15) is 43.2 Å². The van der Waals surface area contributed by atoms with E-state index < -0.39 is 97.5 Å². The molecule has 0 saturated heterocycles. The molecule has 0 aliphatic rings. The molecule has 0 saturated carbocycles. The number of phosphoric ester groups is 2. The van der Waals surface area contributed by atoms with E-state index in [1.54, 1.807) is 0 Å². The van der Waals surface area contributed by atoms with Crippen molar-refractivity contribution in [3.63, 3.8) is 0 Å². The predicted octanol–water partition coefficient (Wildman–Crippen LogP) is 20.9. The minimum atomic E-state index is -5.00. The highest BCUT2D eigenvalue weighted by Gasteiger charge is 2.30. The molecule has 0 aromatic carbocycles. The molecule has 556 valence electrons. The van der Waals surface area contributed by atoms with Gasteiger partial charge in [0, 0.05) is 25.7 Å². The minimum Gasteiger partial charge on any atom is -0.462 e. The van der Waals surface area contributed by atoms with Gasteiger partial charge in [-0.2, -0.15) is 0 Å². The zero-order valence-electron chi connectivity index (χ0n) is 60.4. The van der Waals surface area contributed by atoms with Gasteiger partial charge in [-0.15, -0.1) is 0 Å². The number of unbranched alkanes of at least 4 members (excludes halogenated alkanes) is 15. The Morgan fingerprint density at radius 2 is 0.541 bits per heavy atom. The van der Waals surface area contributed by atoms with E-state index in [0.29, 0.717) is 38.5 Å². The molecule has 0 fully saturated rings. The Morgan fingerprint density at radius 3 is 0.888 bits per heavy atom. The number of ether oxygens (including phenoxy) is 4. The standard InChI is InChI=1S/C79H128O17P2/c1-5-9-13-17-21-25-29-32-35-36-39-41-45-48-52-56-60-64-77(82)90-70-75(96-79(84)66-62-58-54-50-46-42-38-34-31-27-23-19-15-11-7-3)72-94-98(87,88)92-68-73(80)67-91-97(85,86)93-71-74(95-78(83)65-61-57-53-49-43-28-24-20-16-12-8-4)69-89-76(81)63-59-55-51-47-44-40-37-33-30-26-22-18-14-10-6-2/h9-11,13-15,20-27,32-35,37-39,41,46,48,50,52,73-75,80H,5-8,12,16-19,28-31,36,40,42-45,47,49,51,53-72H2,1-4H3,(H,85,86)(H,87,88)/b13-9-,14-10-,15-11-,24-20-,25-21-,26-22-,27-23-,35-32-,37-33-,38-34-,41-39-,50-46-,52-48-. The highest BCUT2D eigenvalue weighted by molar-refractivity contribution is 7.47. The summed E-state index contributed by atoms with van der Waals surface area (Å²) in [5.74, 6) is -2.34. The van der Waals surface area contributed by atoms with Gasteiger partial charge in [0.05, 0.1) is 26.4 Å². The minimum absolute atomic E-state index is 0.0245. The molecule has 98 heavy (non-hydrogen) atoms. The van der Waals surface area contributed by atoms with Crippen molar-refractivity contribution < 1.29 is 80.2 Å². The third-order valence-corrected chi connectivity index (χ3v) is 16.4. The smallest absolute Gasteiger partial charge is 0.462 e. The zero-order valence-corrected chi connectivity index (χ0v) is 62.2. The molecule has 0 bridgehead atoms. The number of carbonyl (C=O) groups is 4. The molecule has 0 aromatic rings. The number of esters is 4. The molecule has 17 nitrogen and oxygen atoms in total. The summed E-state index contributed by atoms with van der Waals surface area (Å²) in [5, 5.41) is 10.6. The Balaban J connectivity index is 5.45. The van der Waals surface area contributed by atoms with Crippen LogP contribution in [-0.2, 0) is 65.4 Å². The summed E-state index contributed by atoms with van der Waals surface area (Å²) in [6.45, 7) is 4.31. The first-order chi connectivity index (χ1) is 47.7. The largest absolute Gasteiger partial charge is 0.472 e. The van der Waals surface area contributed by atoms with E-state index in [2.05, 4.69) is 167 Å². The van der Waals surface area contributed by atoms with Gasteiger partial charge < -0.3 is 33.8 Å². The van der Waals surface area contributed by atoms with Gasteiger partial charge in [-0.25, -0.2) is 9.13 Å². The number of aliphatic hydroxyl groups is 1. The fraction of sp³-hybridized carbons (Fsp3) is 0.620. The number of hydrogen-bond donors (Lipinski definition) is 3. The summed E-state index contributed by atoms with van der Waals surface area (Å²) < 4.78 is 68.2. The maximum absolute atomic E-state index is 13.1. The lowest BCUT2D eigenvalue weighted by Gasteiger charge is -2.21. The Labute approximate surface area is 591 Å². The second-order valence-electron chi connectivity index (χ2n) is 23.7. The number of phosphoric acid groups is 2. The van der Waals surface area contributed by atoms with Crippen LogP contribution in [0.2, 0.25) is 0 Å². The molecule has 0 rings (SSSR count). The first kappa shape index (κ1) is 92.7. The van der Waals surface area contributed by atoms with Crippen molar-refractivity contribution in [2.24, 2.45) is 0 Å². The van der Waals surface area contributed by atoms with Crippen LogP contribution in [0.3, 0.4) is 0 Å². The topological polar surface area (TPSA) is 237 Å². The summed E-state index contributed by atoms with van der Waals surface area (Å²) in [4.78, 5) is 72.7. The van der Waals surface area contributed by atoms with Crippen LogP contribution in [0.4, 0.5) is 0 Å². The van der Waals surface area contributed by atoms with E-state index in [0.717, 1.165) is 154 Å². The quantitative estimate of drug-likeness (QED) is 0.0169. The molecule has 5 unspecified atom stereocenters. The molecule has 0 radical (unpaired) electrons. The van der Waals surface area contributed by atoms with Crippen LogP contribution in [0.25, 0.3) is 0 Å². The molecule has 19 heteroatoms. The van der Waals surface area contributed by atoms with Gasteiger partial charge >= 0.3 is 39.5 Å². The lowest BCUT2D eigenvalue weighted by Crippen LogP contribution is -2.30. The van der Waals surface area contributed by atoms with Crippen molar-refractivity contribution in [1.82, 2.24) is 0 Å². The zero-order chi connectivity index (χ0) is 71.8. The van der Waals surface area contributed by atoms with Crippen LogP contribution in [0.15, 0.2) is 158 Å². The first-order valence-corrected chi connectivity index (χ1v) is 39.7. The highest BCUT2D eigenvalue weighted by atomic mass is 31.2. The molecule has 0 aromatic heterocycles. The summed E-state index contributed by atoms with van der Waals surface area (Å²) in [6, 6.07) is 0. The van der Waals surface area contributed by atoms with E-state index in [-0.39, 0.29) is 25.7 Å². The Kier molecular flexibility index (Phi) is 66.3. The van der Waals surface area contributed by atoms with E-state index in [1.165, 1.54) is 12.8 Å². The lowest BCUT2D eigenvalue weighted by molar-refractivity contribution is -0.161. The van der Waals surface area contributed by atoms with Gasteiger partial charge in [0.2, 0.25) is 0 Å². The van der Waals surface area contributed by atoms with Gasteiger partial charge in [-0.1, -0.05) is 237 Å². The molecule has 0 aliphatic heterocycles. The Morgan fingerprint density at radius 1 is 0.296 bits per heavy atom. The first-order valence-electron chi connectivity index (χ1n) is 36.7. The summed E-state index contributed by atoms with van der Waals surface area (Å²) >= 11 is 0. The van der Waals surface area contributed by atoms with Crippen molar-refractivity contribution in [3.05, 3.63) is 158 Å². The summed E-state index contributed by atoms with van der Waals surface area (Å²) in [6.07, 6.45) is 79.8. The molecule has 0 spiro atoms. The molecule has 0 amide bonds. The van der Waals surface area contributed by atoms with Crippen molar-refractivity contribution in [1.29, 1.82) is 0 Å². The van der Waals surface area contributed by atoms with Gasteiger partial charge in [0.25, 0.3) is 0 Å². The predicted molar refractivity (Wildman–Crippen MR) is 399 cm³/mol. The third kappa shape index (κ3) is 69.2. The van der Waals surface area contributed by atoms with Gasteiger partial charge in [-0.3, -0.25) is 37.3 Å². The van der Waals surface area contributed by atoms with Crippen molar-refractivity contribution in [2.45, 2.75) is 277 Å². The second-order valence-corrected chi connectivity index (χ2v) is 26.6. The fourth-order valence-corrected chi connectivity index (χ4v) is 10.5. The number of hydrogen-bond acceptors (Lipinski definition) is 15. The average Bonchev–Trinajstić information content (AvgIpc) is 0.986. The van der Waals surface area contributed by atoms with E-state index in [1.807, 2.05) is 18.2 Å². The van der Waals surface area contributed by atoms with Gasteiger partial charge in [-0.05, 0) is 154 Å². The third-order valence-electron chi connectivity index (χ3n) is 14.5. The van der Waals surface area contributed by atoms with Crippen molar-refractivity contribution in [2.75, 3.05) is 39.6 Å². The van der Waals surface area contributed by atoms with Crippen LogP contribution in [-0.4, -0.2) is 96.7 Å². The normalized spacial score (nSPS) is 14.9. The Hall–Kier alpha value is -5.32. The molecule has 0 heterocycles. The van der Waals surface area contributed by atoms with Crippen LogP contribution in [0.5, 0.6) is 0 Å². The number of aliphatic hydroxyl groups excluding tert-OH is 1. The van der Waals surface area contributed by atoms with Crippen LogP contribution in [0.1, 0.15) is 259 Å². The van der Waals surface area contributed by atoms with Crippen LogP contribution < -0.4 is 0 Å². The SMILES string of the molecule is CC/C=C\C/C=C\C/C=C\C/C=C\C/C=C\CCCC(=O)OCC(COP(=O)(O)OCC(O)COP(=O)(O)OCC(COC(=O)CCCCCCC/C=C\C/C=C\C/C=C\CC)OC(=O)CCCCCCC/C=C\CCCC)OC(=O)CCCC/C=C\C/C=C\C/C=C\C/C=C\CC. The average molecular weight is 1410 g/mol. The number of carbonyl (C=O) groups excluding carboxylic acids is 4. The molecule has 0 aliphatic carbocycles. The van der Waals surface area contributed by atoms with Gasteiger partial charge in [0.15, 0.2) is 12.2 Å². The van der Waals surface area contributed by atoms with E-state index >= 15 is 0 Å². The lowest BCUT2D eigenvalue weighted by atomic mass is 10.1. The second kappa shape index (κ2) is 70.1. The molecular formula is C79H128O17P2. The summed E-state index contributed by atoms with van der Waals surface area (Å²) in [7, 11) is -9.99. The molecular weight excluding hydrogens is 1280 g/mol. The van der Waals surface area contributed by atoms with Crippen LogP contribution >= 0.6 is 15.6 Å². The summed E-state index contributed by atoms with van der Waals surface area (Å²) in [5.41, 5.74) is 0. The Bertz CT molecular complexity index is 2480. The van der Waals surface area contributed by atoms with Gasteiger partial charge in [0.1, 0.15) is 19.3 Å². The van der Waals surface area contributed by atoms with Crippen molar-refractivity contribution in [3.8, 4) is 0 Å². The van der Waals surface area contributed by atoms with Crippen LogP contribution in [0, 0.1) is 0 Å². The maximum Gasteiger partial charge on any atom is 0.472 e. The maximum atomic E-state index is 13.1. The molecule has 3 N–H and O–H groups in total. The fourth-order valence-electron chi connectivity index (χ4n) is 8.95. The number of rotatable bonds is 67. The van der Waals surface area contributed by atoms with Crippen molar-refractivity contribution >= 4 is 39.5 Å². The monoisotopic (exact) mass is 1410 g/mol. The molecule has 5 atom stereocenters. The highest BCUT2D eigenvalue weighted by Crippen LogP contribution is 2.45. The van der Waals surface area contributed by atoms with E-state index in [4.69, 9.17) is 37.0 Å². The number of allylic oxidation sites excluding steroid dienone is 26.